The Balaban J connectivity index is 3.32. The van der Waals surface area contributed by atoms with E-state index in [1.807, 2.05) is 26.8 Å². The molecule has 0 saturated carbocycles. The standard InChI is InChI=1S/C9H10ClN3/c1-9(2,3)6-5-12-8(10)13-7(6)4-11/h5H,1-3H3. The molecule has 0 N–H and O–H groups in total. The minimum Gasteiger partial charge on any atom is -0.226 e. The van der Waals surface area contributed by atoms with E-state index in [9.17, 15) is 0 Å². The molecule has 0 aliphatic rings. The molecular formula is C9H10ClN3. The van der Waals surface area contributed by atoms with Crippen LogP contribution >= 0.6 is 11.6 Å². The van der Waals surface area contributed by atoms with Gasteiger partial charge >= 0.3 is 0 Å². The molecule has 3 nitrogen and oxygen atoms in total. The number of hydrogen-bond donors (Lipinski definition) is 0. The first-order valence-electron chi connectivity index (χ1n) is 3.88. The van der Waals surface area contributed by atoms with Crippen molar-refractivity contribution in [1.29, 1.82) is 5.26 Å². The molecule has 1 aromatic heterocycles. The van der Waals surface area contributed by atoms with E-state index in [0.717, 1.165) is 5.56 Å². The van der Waals surface area contributed by atoms with Crippen molar-refractivity contribution in [3.8, 4) is 6.07 Å². The number of nitrogens with zero attached hydrogens (tertiary/aromatic N) is 3. The quantitative estimate of drug-likeness (QED) is 0.597. The average molecular weight is 196 g/mol. The number of halogens is 1. The van der Waals surface area contributed by atoms with Crippen LogP contribution in [0.1, 0.15) is 32.0 Å². The maximum absolute atomic E-state index is 8.81. The summed E-state index contributed by atoms with van der Waals surface area (Å²) >= 11 is 5.57. The van der Waals surface area contributed by atoms with Crippen molar-refractivity contribution in [2.45, 2.75) is 26.2 Å². The molecule has 4 heteroatoms. The van der Waals surface area contributed by atoms with Crippen molar-refractivity contribution in [2.24, 2.45) is 0 Å². The van der Waals surface area contributed by atoms with Crippen LogP contribution < -0.4 is 0 Å². The first-order chi connectivity index (χ1) is 5.95. The summed E-state index contributed by atoms with van der Waals surface area (Å²) in [6.45, 7) is 6.00. The summed E-state index contributed by atoms with van der Waals surface area (Å²) < 4.78 is 0. The number of rotatable bonds is 0. The van der Waals surface area contributed by atoms with E-state index in [1.165, 1.54) is 0 Å². The highest BCUT2D eigenvalue weighted by atomic mass is 35.5. The summed E-state index contributed by atoms with van der Waals surface area (Å²) in [5.74, 6) is 0. The third kappa shape index (κ3) is 2.16. The van der Waals surface area contributed by atoms with Gasteiger partial charge in [-0.2, -0.15) is 5.26 Å². The van der Waals surface area contributed by atoms with E-state index in [1.54, 1.807) is 6.20 Å². The van der Waals surface area contributed by atoms with Crippen molar-refractivity contribution in [1.82, 2.24) is 9.97 Å². The van der Waals surface area contributed by atoms with E-state index in [0.29, 0.717) is 5.69 Å². The Morgan fingerprint density at radius 2 is 2.08 bits per heavy atom. The molecule has 0 fully saturated rings. The van der Waals surface area contributed by atoms with E-state index in [-0.39, 0.29) is 10.7 Å². The Bertz CT molecular complexity index is 360. The van der Waals surface area contributed by atoms with Crippen LogP contribution in [0, 0.1) is 11.3 Å². The fourth-order valence-corrected chi connectivity index (χ4v) is 1.13. The first kappa shape index (κ1) is 9.94. The van der Waals surface area contributed by atoms with E-state index < -0.39 is 0 Å². The van der Waals surface area contributed by atoms with Crippen LogP contribution in [0.2, 0.25) is 5.28 Å². The summed E-state index contributed by atoms with van der Waals surface area (Å²) in [5.41, 5.74) is 1.04. The van der Waals surface area contributed by atoms with Gasteiger partial charge in [0, 0.05) is 11.8 Å². The Kier molecular flexibility index (Phi) is 2.53. The molecule has 1 rings (SSSR count). The topological polar surface area (TPSA) is 49.6 Å². The molecule has 68 valence electrons. The third-order valence-electron chi connectivity index (χ3n) is 1.67. The zero-order chi connectivity index (χ0) is 10.1. The zero-order valence-electron chi connectivity index (χ0n) is 7.80. The van der Waals surface area contributed by atoms with Gasteiger partial charge in [-0.25, -0.2) is 9.97 Å². The summed E-state index contributed by atoms with van der Waals surface area (Å²) in [4.78, 5) is 7.71. The predicted octanol–water partition coefficient (Wildman–Crippen LogP) is 2.30. The van der Waals surface area contributed by atoms with E-state index in [2.05, 4.69) is 9.97 Å². The van der Waals surface area contributed by atoms with Crippen molar-refractivity contribution in [3.63, 3.8) is 0 Å². The minimum absolute atomic E-state index is 0.115. The molecule has 0 atom stereocenters. The highest BCUT2D eigenvalue weighted by molar-refractivity contribution is 6.28. The van der Waals surface area contributed by atoms with Gasteiger partial charge in [-0.3, -0.25) is 0 Å². The van der Waals surface area contributed by atoms with Crippen molar-refractivity contribution in [2.75, 3.05) is 0 Å². The SMILES string of the molecule is CC(C)(C)c1cnc(Cl)nc1C#N. The molecule has 0 aliphatic carbocycles. The summed E-state index contributed by atoms with van der Waals surface area (Å²) in [6.07, 6.45) is 1.61. The normalized spacial score (nSPS) is 11.0. The van der Waals surface area contributed by atoms with Gasteiger partial charge < -0.3 is 0 Å². The van der Waals surface area contributed by atoms with Crippen LogP contribution in [-0.2, 0) is 5.41 Å². The van der Waals surface area contributed by atoms with Gasteiger partial charge in [0.2, 0.25) is 5.28 Å². The van der Waals surface area contributed by atoms with Gasteiger partial charge in [-0.1, -0.05) is 20.8 Å². The summed E-state index contributed by atoms with van der Waals surface area (Å²) in [6, 6.07) is 2.01. The first-order valence-corrected chi connectivity index (χ1v) is 4.26. The van der Waals surface area contributed by atoms with Crippen molar-refractivity contribution in [3.05, 3.63) is 22.7 Å². The van der Waals surface area contributed by atoms with Crippen LogP contribution in [0.3, 0.4) is 0 Å². The van der Waals surface area contributed by atoms with Crippen molar-refractivity contribution >= 4 is 11.6 Å². The number of hydrogen-bond acceptors (Lipinski definition) is 3. The zero-order valence-corrected chi connectivity index (χ0v) is 8.55. The highest BCUT2D eigenvalue weighted by Crippen LogP contribution is 2.24. The molecule has 0 bridgehead atoms. The van der Waals surface area contributed by atoms with Gasteiger partial charge in [-0.15, -0.1) is 0 Å². The largest absolute Gasteiger partial charge is 0.226 e. The van der Waals surface area contributed by atoms with Crippen LogP contribution in [0.4, 0.5) is 0 Å². The molecule has 0 saturated heterocycles. The molecule has 0 amide bonds. The van der Waals surface area contributed by atoms with Crippen LogP contribution in [0.25, 0.3) is 0 Å². The van der Waals surface area contributed by atoms with Gasteiger partial charge in [0.1, 0.15) is 11.8 Å². The predicted molar refractivity (Wildman–Crippen MR) is 50.5 cm³/mol. The minimum atomic E-state index is -0.129. The maximum Gasteiger partial charge on any atom is 0.223 e. The van der Waals surface area contributed by atoms with Gasteiger partial charge in [-0.05, 0) is 17.0 Å². The molecule has 0 spiro atoms. The lowest BCUT2D eigenvalue weighted by Gasteiger charge is -2.18. The monoisotopic (exact) mass is 195 g/mol. The van der Waals surface area contributed by atoms with Crippen LogP contribution in [0.5, 0.6) is 0 Å². The van der Waals surface area contributed by atoms with Gasteiger partial charge in [0.15, 0.2) is 0 Å². The van der Waals surface area contributed by atoms with E-state index >= 15 is 0 Å². The lowest BCUT2D eigenvalue weighted by atomic mass is 9.87. The average Bonchev–Trinajstić information content (AvgIpc) is 2.01. The number of nitriles is 1. The molecule has 0 unspecified atom stereocenters. The summed E-state index contributed by atoms with van der Waals surface area (Å²) in [5, 5.41) is 8.92. The van der Waals surface area contributed by atoms with E-state index in [4.69, 9.17) is 16.9 Å². The highest BCUT2D eigenvalue weighted by Gasteiger charge is 2.19. The molecule has 1 heterocycles. The third-order valence-corrected chi connectivity index (χ3v) is 1.86. The molecule has 0 aromatic carbocycles. The molecule has 0 aliphatic heterocycles. The lowest BCUT2D eigenvalue weighted by Crippen LogP contribution is -2.14. The molecule has 0 radical (unpaired) electrons. The van der Waals surface area contributed by atoms with Gasteiger partial charge in [0.25, 0.3) is 0 Å². The second-order valence-electron chi connectivity index (χ2n) is 3.76. The summed E-state index contributed by atoms with van der Waals surface area (Å²) in [7, 11) is 0. The fraction of sp³-hybridized carbons (Fsp3) is 0.444. The second kappa shape index (κ2) is 3.31. The number of aromatic nitrogens is 2. The second-order valence-corrected chi connectivity index (χ2v) is 4.10. The Labute approximate surface area is 82.4 Å². The smallest absolute Gasteiger partial charge is 0.223 e. The van der Waals surface area contributed by atoms with Crippen LogP contribution in [-0.4, -0.2) is 9.97 Å². The van der Waals surface area contributed by atoms with Gasteiger partial charge in [0.05, 0.1) is 0 Å². The Morgan fingerprint density at radius 3 is 2.54 bits per heavy atom. The lowest BCUT2D eigenvalue weighted by molar-refractivity contribution is 0.581. The molecule has 1 aromatic rings. The Morgan fingerprint density at radius 1 is 1.46 bits per heavy atom. The molecule has 13 heavy (non-hydrogen) atoms. The Hall–Kier alpha value is -1.14. The van der Waals surface area contributed by atoms with Crippen LogP contribution in [0.15, 0.2) is 6.20 Å². The molecular weight excluding hydrogens is 186 g/mol. The fourth-order valence-electron chi connectivity index (χ4n) is 0.994. The maximum atomic E-state index is 8.81. The van der Waals surface area contributed by atoms with Crippen molar-refractivity contribution < 1.29 is 0 Å².